The highest BCUT2D eigenvalue weighted by Crippen LogP contribution is 2.10. The lowest BCUT2D eigenvalue weighted by atomic mass is 10.1. The zero-order valence-electron chi connectivity index (χ0n) is 12.8. The molecule has 0 bridgehead atoms. The first-order valence-electron chi connectivity index (χ1n) is 7.41. The average molecular weight is 335 g/mol. The number of aryl methyl sites for hydroxylation is 1. The Morgan fingerprint density at radius 3 is 2.61 bits per heavy atom. The van der Waals surface area contributed by atoms with Crippen LogP contribution in [0.5, 0.6) is 0 Å². The molecule has 0 unspecified atom stereocenters. The Morgan fingerprint density at radius 2 is 1.96 bits per heavy atom. The van der Waals surface area contributed by atoms with E-state index in [1.807, 2.05) is 24.3 Å². The molecule has 2 N–H and O–H groups in total. The van der Waals surface area contributed by atoms with Crippen molar-refractivity contribution < 1.29 is 14.0 Å². The van der Waals surface area contributed by atoms with E-state index >= 15 is 0 Å². The van der Waals surface area contributed by atoms with E-state index in [9.17, 15) is 9.59 Å². The zero-order chi connectivity index (χ0) is 16.7. The number of benzene rings is 1. The lowest BCUT2D eigenvalue weighted by Crippen LogP contribution is -2.45. The Kier molecular flexibility index (Phi) is 6.23. The minimum absolute atomic E-state index is 0.210. The van der Waals surface area contributed by atoms with Gasteiger partial charge in [-0.05, 0) is 43.5 Å². The summed E-state index contributed by atoms with van der Waals surface area (Å²) in [5.41, 5.74) is 1.57. The monoisotopic (exact) mass is 334 g/mol. The molecule has 0 aliphatic rings. The molecule has 2 rings (SSSR count). The molecular weight excluding hydrogens is 316 g/mol. The molecule has 1 aromatic carbocycles. The maximum atomic E-state index is 11.9. The summed E-state index contributed by atoms with van der Waals surface area (Å²) in [6.07, 6.45) is 4.42. The van der Waals surface area contributed by atoms with Gasteiger partial charge in [-0.25, -0.2) is 0 Å². The van der Waals surface area contributed by atoms with Crippen molar-refractivity contribution >= 4 is 23.4 Å². The number of carbonyl (C=O) groups excluding carboxylic acids is 2. The normalized spacial score (nSPS) is 11.7. The number of amides is 2. The molecule has 0 fully saturated rings. The first-order chi connectivity index (χ1) is 11.1. The smallest absolute Gasteiger partial charge is 0.255 e. The third kappa shape index (κ3) is 5.45. The van der Waals surface area contributed by atoms with E-state index in [1.165, 1.54) is 18.1 Å². The molecule has 0 radical (unpaired) electrons. The van der Waals surface area contributed by atoms with E-state index in [0.29, 0.717) is 17.1 Å². The quantitative estimate of drug-likeness (QED) is 0.765. The van der Waals surface area contributed by atoms with Gasteiger partial charge in [0.05, 0.1) is 11.8 Å². The molecule has 1 aromatic heterocycles. The number of carbonyl (C=O) groups is 2. The fourth-order valence-corrected chi connectivity index (χ4v) is 2.17. The molecule has 0 aliphatic heterocycles. The van der Waals surface area contributed by atoms with Crippen LogP contribution in [-0.4, -0.2) is 24.4 Å². The molecule has 2 aromatic rings. The summed E-state index contributed by atoms with van der Waals surface area (Å²) in [7, 11) is 0. The van der Waals surface area contributed by atoms with Gasteiger partial charge in [-0.3, -0.25) is 9.59 Å². The highest BCUT2D eigenvalue weighted by molar-refractivity contribution is 6.30. The van der Waals surface area contributed by atoms with E-state index in [-0.39, 0.29) is 11.8 Å². The van der Waals surface area contributed by atoms with Gasteiger partial charge in [0.25, 0.3) is 5.91 Å². The van der Waals surface area contributed by atoms with Crippen LogP contribution in [0.3, 0.4) is 0 Å². The number of halogens is 1. The van der Waals surface area contributed by atoms with Crippen LogP contribution in [0.1, 0.15) is 29.3 Å². The summed E-state index contributed by atoms with van der Waals surface area (Å²) in [4.78, 5) is 23.7. The molecular formula is C17H19ClN2O3. The Hall–Kier alpha value is -2.27. The van der Waals surface area contributed by atoms with Crippen LogP contribution < -0.4 is 10.6 Å². The second-order valence-corrected chi connectivity index (χ2v) is 5.66. The van der Waals surface area contributed by atoms with Gasteiger partial charge in [0.15, 0.2) is 0 Å². The molecule has 6 heteroatoms. The molecule has 0 aliphatic carbocycles. The number of nitrogens with one attached hydrogen (secondary N) is 2. The summed E-state index contributed by atoms with van der Waals surface area (Å²) >= 11 is 5.83. The highest BCUT2D eigenvalue weighted by atomic mass is 35.5. The van der Waals surface area contributed by atoms with Crippen LogP contribution >= 0.6 is 11.6 Å². The third-order valence-electron chi connectivity index (χ3n) is 3.38. The summed E-state index contributed by atoms with van der Waals surface area (Å²) in [5.74, 6) is -0.541. The second kappa shape index (κ2) is 8.39. The van der Waals surface area contributed by atoms with E-state index in [0.717, 1.165) is 12.8 Å². The molecule has 23 heavy (non-hydrogen) atoms. The van der Waals surface area contributed by atoms with E-state index in [2.05, 4.69) is 10.6 Å². The molecule has 0 spiro atoms. The van der Waals surface area contributed by atoms with Crippen molar-refractivity contribution in [1.29, 1.82) is 0 Å². The molecule has 122 valence electrons. The van der Waals surface area contributed by atoms with Crippen molar-refractivity contribution in [3.8, 4) is 0 Å². The van der Waals surface area contributed by atoms with Gasteiger partial charge in [0, 0.05) is 11.6 Å². The minimum atomic E-state index is -0.604. The molecule has 0 saturated heterocycles. The van der Waals surface area contributed by atoms with Crippen molar-refractivity contribution in [2.45, 2.75) is 25.8 Å². The average Bonchev–Trinajstić information content (AvgIpc) is 3.07. The number of furan rings is 1. The van der Waals surface area contributed by atoms with Crippen LogP contribution in [0.15, 0.2) is 47.3 Å². The fraction of sp³-hybridized carbons (Fsp3) is 0.294. The van der Waals surface area contributed by atoms with Crippen molar-refractivity contribution in [3.63, 3.8) is 0 Å². The summed E-state index contributed by atoms with van der Waals surface area (Å²) in [5, 5.41) is 6.15. The van der Waals surface area contributed by atoms with Crippen LogP contribution in [0.25, 0.3) is 0 Å². The highest BCUT2D eigenvalue weighted by Gasteiger charge is 2.16. The summed E-state index contributed by atoms with van der Waals surface area (Å²) in [6.45, 7) is 2.19. The summed E-state index contributed by atoms with van der Waals surface area (Å²) in [6, 6.07) is 8.58. The minimum Gasteiger partial charge on any atom is -0.472 e. The maximum Gasteiger partial charge on any atom is 0.255 e. The van der Waals surface area contributed by atoms with Gasteiger partial charge in [-0.2, -0.15) is 0 Å². The van der Waals surface area contributed by atoms with Gasteiger partial charge in [0.2, 0.25) is 5.91 Å². The van der Waals surface area contributed by atoms with Gasteiger partial charge >= 0.3 is 0 Å². The first-order valence-corrected chi connectivity index (χ1v) is 7.79. The van der Waals surface area contributed by atoms with Gasteiger partial charge in [-0.1, -0.05) is 23.7 Å². The molecule has 1 atom stereocenters. The first kappa shape index (κ1) is 17.1. The molecule has 2 amide bonds. The van der Waals surface area contributed by atoms with Crippen LogP contribution in [0.2, 0.25) is 5.02 Å². The standard InChI is InChI=1S/C17H19ClN2O3/c1-12(20-17(22)14-8-10-23-11-14)16(21)19-9-2-3-13-4-6-15(18)7-5-13/h4-8,10-12H,2-3,9H2,1H3,(H,19,21)(H,20,22)/t12-/m1/s1. The Morgan fingerprint density at radius 1 is 1.22 bits per heavy atom. The zero-order valence-corrected chi connectivity index (χ0v) is 13.6. The Labute approximate surface area is 140 Å². The van der Waals surface area contributed by atoms with Crippen molar-refractivity contribution in [2.75, 3.05) is 6.54 Å². The topological polar surface area (TPSA) is 71.3 Å². The Bertz CT molecular complexity index is 638. The van der Waals surface area contributed by atoms with Gasteiger partial charge < -0.3 is 15.1 Å². The van der Waals surface area contributed by atoms with E-state index in [1.54, 1.807) is 13.0 Å². The SMILES string of the molecule is C[C@@H](NC(=O)c1ccoc1)C(=O)NCCCc1ccc(Cl)cc1. The lowest BCUT2D eigenvalue weighted by molar-refractivity contribution is -0.122. The molecule has 5 nitrogen and oxygen atoms in total. The molecule has 0 saturated carbocycles. The summed E-state index contributed by atoms with van der Waals surface area (Å²) < 4.78 is 4.84. The molecule has 1 heterocycles. The van der Waals surface area contributed by atoms with Crippen LogP contribution in [0, 0.1) is 0 Å². The van der Waals surface area contributed by atoms with E-state index in [4.69, 9.17) is 16.0 Å². The van der Waals surface area contributed by atoms with E-state index < -0.39 is 6.04 Å². The van der Waals surface area contributed by atoms with Crippen LogP contribution in [0.4, 0.5) is 0 Å². The number of rotatable bonds is 7. The Balaban J connectivity index is 1.67. The maximum absolute atomic E-state index is 11.9. The van der Waals surface area contributed by atoms with Gasteiger partial charge in [-0.15, -0.1) is 0 Å². The second-order valence-electron chi connectivity index (χ2n) is 5.23. The predicted molar refractivity (Wildman–Crippen MR) is 88.4 cm³/mol. The van der Waals surface area contributed by atoms with Crippen molar-refractivity contribution in [3.05, 3.63) is 59.0 Å². The number of hydrogen-bond donors (Lipinski definition) is 2. The van der Waals surface area contributed by atoms with Crippen molar-refractivity contribution in [1.82, 2.24) is 10.6 Å². The number of hydrogen-bond acceptors (Lipinski definition) is 3. The fourth-order valence-electron chi connectivity index (χ4n) is 2.05. The lowest BCUT2D eigenvalue weighted by Gasteiger charge is -2.13. The van der Waals surface area contributed by atoms with Crippen molar-refractivity contribution in [2.24, 2.45) is 0 Å². The van der Waals surface area contributed by atoms with Crippen LogP contribution in [-0.2, 0) is 11.2 Å². The van der Waals surface area contributed by atoms with Gasteiger partial charge in [0.1, 0.15) is 12.3 Å². The largest absolute Gasteiger partial charge is 0.472 e. The third-order valence-corrected chi connectivity index (χ3v) is 3.63. The predicted octanol–water partition coefficient (Wildman–Crippen LogP) is 2.80.